The molecule has 1 aromatic heterocycles. The second-order valence-electron chi connectivity index (χ2n) is 4.49. The van der Waals surface area contributed by atoms with E-state index in [1.807, 2.05) is 0 Å². The van der Waals surface area contributed by atoms with Crippen LogP contribution in [-0.2, 0) is 6.42 Å². The van der Waals surface area contributed by atoms with Crippen LogP contribution >= 0.6 is 15.9 Å². The summed E-state index contributed by atoms with van der Waals surface area (Å²) in [6.45, 7) is 6.36. The number of halogens is 1. The Labute approximate surface area is 93.3 Å². The van der Waals surface area contributed by atoms with E-state index in [0.29, 0.717) is 0 Å². The normalized spacial score (nSPS) is 14.1. The number of rotatable bonds is 2. The van der Waals surface area contributed by atoms with Crippen LogP contribution in [0.4, 0.5) is 0 Å². The minimum Gasteiger partial charge on any atom is -0.327 e. The molecule has 1 unspecified atom stereocenters. The Morgan fingerprint density at radius 3 is 2.29 bits per heavy atom. The highest BCUT2D eigenvalue weighted by atomic mass is 79.9. The summed E-state index contributed by atoms with van der Waals surface area (Å²) in [6.07, 6.45) is 4.21. The van der Waals surface area contributed by atoms with Gasteiger partial charge in [-0.1, -0.05) is 20.8 Å². The fourth-order valence-electron chi connectivity index (χ4n) is 0.947. The average Bonchev–Trinajstić information content (AvgIpc) is 2.07. The summed E-state index contributed by atoms with van der Waals surface area (Å²) in [6, 6.07) is 0.0867. The molecule has 0 aliphatic carbocycles. The van der Waals surface area contributed by atoms with Crippen LogP contribution in [0.1, 0.15) is 26.6 Å². The predicted molar refractivity (Wildman–Crippen MR) is 60.9 cm³/mol. The molecule has 0 saturated heterocycles. The largest absolute Gasteiger partial charge is 0.327 e. The van der Waals surface area contributed by atoms with Crippen LogP contribution in [0.5, 0.6) is 0 Å². The first-order valence-corrected chi connectivity index (χ1v) is 5.41. The minimum atomic E-state index is 0.0867. The number of nitrogens with zero attached hydrogens (tertiary/aromatic N) is 2. The van der Waals surface area contributed by atoms with E-state index in [0.717, 1.165) is 16.7 Å². The van der Waals surface area contributed by atoms with E-state index >= 15 is 0 Å². The van der Waals surface area contributed by atoms with Crippen LogP contribution in [0.15, 0.2) is 16.9 Å². The van der Waals surface area contributed by atoms with Crippen molar-refractivity contribution < 1.29 is 0 Å². The summed E-state index contributed by atoms with van der Waals surface area (Å²) in [5.41, 5.74) is 6.12. The van der Waals surface area contributed by atoms with E-state index in [2.05, 4.69) is 46.7 Å². The SMILES string of the molecule is CC(C)(C)C(N)Cc1ncc(Br)cn1. The summed E-state index contributed by atoms with van der Waals surface area (Å²) < 4.78 is 0.894. The maximum absolute atomic E-state index is 6.03. The zero-order valence-electron chi connectivity index (χ0n) is 8.79. The Kier molecular flexibility index (Phi) is 3.61. The van der Waals surface area contributed by atoms with Crippen molar-refractivity contribution in [3.63, 3.8) is 0 Å². The molecule has 1 rings (SSSR count). The highest BCUT2D eigenvalue weighted by Gasteiger charge is 2.21. The van der Waals surface area contributed by atoms with Gasteiger partial charge in [0.15, 0.2) is 0 Å². The Morgan fingerprint density at radius 1 is 1.36 bits per heavy atom. The van der Waals surface area contributed by atoms with Crippen molar-refractivity contribution in [2.24, 2.45) is 11.1 Å². The predicted octanol–water partition coefficient (Wildman–Crippen LogP) is 2.16. The Bertz CT molecular complexity index is 289. The fraction of sp³-hybridized carbons (Fsp3) is 0.600. The first-order chi connectivity index (χ1) is 6.39. The molecule has 0 bridgehead atoms. The maximum atomic E-state index is 6.03. The minimum absolute atomic E-state index is 0.0867. The third-order valence-corrected chi connectivity index (χ3v) is 2.60. The molecule has 0 spiro atoms. The zero-order valence-corrected chi connectivity index (χ0v) is 10.4. The van der Waals surface area contributed by atoms with Gasteiger partial charge in [0.2, 0.25) is 0 Å². The van der Waals surface area contributed by atoms with Gasteiger partial charge >= 0.3 is 0 Å². The van der Waals surface area contributed by atoms with Crippen molar-refractivity contribution in [3.05, 3.63) is 22.7 Å². The summed E-state index contributed by atoms with van der Waals surface area (Å²) >= 11 is 3.29. The summed E-state index contributed by atoms with van der Waals surface area (Å²) in [5, 5.41) is 0. The highest BCUT2D eigenvalue weighted by Crippen LogP contribution is 2.19. The third-order valence-electron chi connectivity index (χ3n) is 2.19. The summed E-state index contributed by atoms with van der Waals surface area (Å²) in [5.74, 6) is 0.802. The second-order valence-corrected chi connectivity index (χ2v) is 5.41. The van der Waals surface area contributed by atoms with Crippen LogP contribution in [0.2, 0.25) is 0 Å². The van der Waals surface area contributed by atoms with Crippen molar-refractivity contribution in [1.82, 2.24) is 9.97 Å². The fourth-order valence-corrected chi connectivity index (χ4v) is 1.15. The van der Waals surface area contributed by atoms with Gasteiger partial charge in [0.25, 0.3) is 0 Å². The van der Waals surface area contributed by atoms with Gasteiger partial charge in [0.1, 0.15) is 5.82 Å². The molecule has 14 heavy (non-hydrogen) atoms. The first-order valence-electron chi connectivity index (χ1n) is 4.61. The molecule has 1 aromatic rings. The Hall–Kier alpha value is -0.480. The van der Waals surface area contributed by atoms with Crippen LogP contribution < -0.4 is 5.73 Å². The van der Waals surface area contributed by atoms with E-state index in [9.17, 15) is 0 Å². The van der Waals surface area contributed by atoms with Gasteiger partial charge in [-0.15, -0.1) is 0 Å². The molecule has 0 aliphatic rings. The van der Waals surface area contributed by atoms with E-state index in [-0.39, 0.29) is 11.5 Å². The van der Waals surface area contributed by atoms with Gasteiger partial charge in [-0.05, 0) is 21.3 Å². The Balaban J connectivity index is 2.65. The van der Waals surface area contributed by atoms with Crippen molar-refractivity contribution in [3.8, 4) is 0 Å². The van der Waals surface area contributed by atoms with Crippen molar-refractivity contribution in [2.75, 3.05) is 0 Å². The van der Waals surface area contributed by atoms with Gasteiger partial charge in [0.05, 0.1) is 4.47 Å². The number of hydrogen-bond donors (Lipinski definition) is 1. The summed E-state index contributed by atoms with van der Waals surface area (Å²) in [7, 11) is 0. The lowest BCUT2D eigenvalue weighted by Crippen LogP contribution is -2.37. The summed E-state index contributed by atoms with van der Waals surface area (Å²) in [4.78, 5) is 8.39. The van der Waals surface area contributed by atoms with Crippen LogP contribution in [0.3, 0.4) is 0 Å². The standard InChI is InChI=1S/C10H16BrN3/c1-10(2,3)8(12)4-9-13-5-7(11)6-14-9/h5-6,8H,4,12H2,1-3H3. The molecule has 0 saturated carbocycles. The number of nitrogens with two attached hydrogens (primary N) is 1. The van der Waals surface area contributed by atoms with E-state index in [1.165, 1.54) is 0 Å². The molecule has 0 fully saturated rings. The van der Waals surface area contributed by atoms with Crippen molar-refractivity contribution in [2.45, 2.75) is 33.2 Å². The molecule has 3 nitrogen and oxygen atoms in total. The van der Waals surface area contributed by atoms with Crippen LogP contribution in [0, 0.1) is 5.41 Å². The molecule has 4 heteroatoms. The van der Waals surface area contributed by atoms with Crippen LogP contribution in [0.25, 0.3) is 0 Å². The van der Waals surface area contributed by atoms with E-state index < -0.39 is 0 Å². The van der Waals surface area contributed by atoms with E-state index in [4.69, 9.17) is 5.73 Å². The molecular formula is C10H16BrN3. The lowest BCUT2D eigenvalue weighted by molar-refractivity contribution is 0.315. The topological polar surface area (TPSA) is 51.8 Å². The molecule has 2 N–H and O–H groups in total. The van der Waals surface area contributed by atoms with Crippen LogP contribution in [-0.4, -0.2) is 16.0 Å². The Morgan fingerprint density at radius 2 is 1.86 bits per heavy atom. The van der Waals surface area contributed by atoms with Gasteiger partial charge < -0.3 is 5.73 Å². The van der Waals surface area contributed by atoms with Gasteiger partial charge in [-0.3, -0.25) is 0 Å². The van der Waals surface area contributed by atoms with Gasteiger partial charge in [-0.25, -0.2) is 9.97 Å². The van der Waals surface area contributed by atoms with E-state index in [1.54, 1.807) is 12.4 Å². The van der Waals surface area contributed by atoms with Gasteiger partial charge in [-0.2, -0.15) is 0 Å². The molecule has 0 aliphatic heterocycles. The first kappa shape index (κ1) is 11.6. The molecule has 0 aromatic carbocycles. The number of aromatic nitrogens is 2. The highest BCUT2D eigenvalue weighted by molar-refractivity contribution is 9.10. The van der Waals surface area contributed by atoms with Gasteiger partial charge in [0, 0.05) is 24.9 Å². The van der Waals surface area contributed by atoms with Crippen molar-refractivity contribution in [1.29, 1.82) is 0 Å². The zero-order chi connectivity index (χ0) is 10.8. The molecule has 0 radical (unpaired) electrons. The average molecular weight is 258 g/mol. The molecule has 1 atom stereocenters. The smallest absolute Gasteiger partial charge is 0.129 e. The molecule has 78 valence electrons. The third kappa shape index (κ3) is 3.35. The lowest BCUT2D eigenvalue weighted by Gasteiger charge is -2.26. The number of hydrogen-bond acceptors (Lipinski definition) is 3. The monoisotopic (exact) mass is 257 g/mol. The maximum Gasteiger partial charge on any atom is 0.129 e. The molecule has 1 heterocycles. The quantitative estimate of drug-likeness (QED) is 0.884. The van der Waals surface area contributed by atoms with Crippen molar-refractivity contribution >= 4 is 15.9 Å². The molecular weight excluding hydrogens is 242 g/mol. The molecule has 0 amide bonds. The second kappa shape index (κ2) is 4.36. The lowest BCUT2D eigenvalue weighted by atomic mass is 9.85.